The highest BCUT2D eigenvalue weighted by molar-refractivity contribution is 7.99. The van der Waals surface area contributed by atoms with Crippen molar-refractivity contribution in [2.24, 2.45) is 0 Å². The molecule has 0 bridgehead atoms. The van der Waals surface area contributed by atoms with Gasteiger partial charge in [-0.25, -0.2) is 4.68 Å². The average Bonchev–Trinajstić information content (AvgIpc) is 3.21. The molecule has 0 radical (unpaired) electrons. The summed E-state index contributed by atoms with van der Waals surface area (Å²) in [4.78, 5) is 13.4. The molecule has 6 nitrogen and oxygen atoms in total. The van der Waals surface area contributed by atoms with Crippen LogP contribution >= 0.6 is 34.7 Å². The fourth-order valence-corrected chi connectivity index (χ4v) is 4.06. The quantitative estimate of drug-likeness (QED) is 0.645. The van der Waals surface area contributed by atoms with E-state index in [2.05, 4.69) is 20.8 Å². The average molecular weight is 394 g/mol. The summed E-state index contributed by atoms with van der Waals surface area (Å²) >= 11 is 9.16. The van der Waals surface area contributed by atoms with Gasteiger partial charge in [0, 0.05) is 4.88 Å². The van der Waals surface area contributed by atoms with Crippen LogP contribution in [0.25, 0.3) is 0 Å². The number of nitrogens with one attached hydrogen (secondary N) is 1. The van der Waals surface area contributed by atoms with Gasteiger partial charge in [0.2, 0.25) is 11.1 Å². The molecule has 0 unspecified atom stereocenters. The fourth-order valence-electron chi connectivity index (χ4n) is 2.33. The first-order valence-electron chi connectivity index (χ1n) is 7.51. The monoisotopic (exact) mass is 393 g/mol. The SMILES string of the molecule is Cc1cc(C)c(NC(=O)CSc2nnnn2Cc2cccs2)c(Cl)c1. The number of aryl methyl sites for hydroxylation is 2. The van der Waals surface area contributed by atoms with Gasteiger partial charge in [0.25, 0.3) is 0 Å². The smallest absolute Gasteiger partial charge is 0.234 e. The zero-order valence-electron chi connectivity index (χ0n) is 13.7. The zero-order valence-corrected chi connectivity index (χ0v) is 16.1. The largest absolute Gasteiger partial charge is 0.324 e. The molecule has 9 heteroatoms. The normalized spacial score (nSPS) is 10.8. The number of carbonyl (C=O) groups excluding carboxylic acids is 1. The minimum Gasteiger partial charge on any atom is -0.324 e. The maximum absolute atomic E-state index is 12.3. The van der Waals surface area contributed by atoms with Crippen LogP contribution < -0.4 is 5.32 Å². The number of thioether (sulfide) groups is 1. The molecule has 1 N–H and O–H groups in total. The van der Waals surface area contributed by atoms with Gasteiger partial charge in [-0.2, -0.15) is 0 Å². The Kier molecular flexibility index (Phi) is 5.72. The van der Waals surface area contributed by atoms with Gasteiger partial charge in [-0.15, -0.1) is 16.4 Å². The van der Waals surface area contributed by atoms with Crippen LogP contribution in [0, 0.1) is 13.8 Å². The Morgan fingerprint density at radius 1 is 1.40 bits per heavy atom. The summed E-state index contributed by atoms with van der Waals surface area (Å²) in [5.41, 5.74) is 2.64. The maximum Gasteiger partial charge on any atom is 0.234 e. The second kappa shape index (κ2) is 7.99. The third kappa shape index (κ3) is 4.59. The molecular formula is C16H16ClN5OS2. The van der Waals surface area contributed by atoms with Crippen molar-refractivity contribution in [1.29, 1.82) is 0 Å². The lowest BCUT2D eigenvalue weighted by atomic mass is 10.1. The predicted molar refractivity (Wildman–Crippen MR) is 102 cm³/mol. The van der Waals surface area contributed by atoms with Crippen molar-refractivity contribution in [2.75, 3.05) is 11.1 Å². The number of hydrogen-bond acceptors (Lipinski definition) is 6. The van der Waals surface area contributed by atoms with E-state index >= 15 is 0 Å². The number of benzene rings is 1. The summed E-state index contributed by atoms with van der Waals surface area (Å²) in [5, 5.41) is 17.7. The number of aromatic nitrogens is 4. The lowest BCUT2D eigenvalue weighted by Crippen LogP contribution is -2.16. The molecule has 0 fully saturated rings. The molecular weight excluding hydrogens is 378 g/mol. The van der Waals surface area contributed by atoms with Crippen LogP contribution in [0.4, 0.5) is 5.69 Å². The lowest BCUT2D eigenvalue weighted by Gasteiger charge is -2.11. The molecule has 0 aliphatic heterocycles. The van der Waals surface area contributed by atoms with Crippen LogP contribution in [0.1, 0.15) is 16.0 Å². The highest BCUT2D eigenvalue weighted by Crippen LogP contribution is 2.27. The van der Waals surface area contributed by atoms with Crippen molar-refractivity contribution in [3.05, 3.63) is 50.7 Å². The molecule has 25 heavy (non-hydrogen) atoms. The summed E-state index contributed by atoms with van der Waals surface area (Å²) in [6.07, 6.45) is 0. The Balaban J connectivity index is 1.61. The Bertz CT molecular complexity index is 856. The number of tetrazole rings is 1. The van der Waals surface area contributed by atoms with Crippen LogP contribution in [0.2, 0.25) is 5.02 Å². The van der Waals surface area contributed by atoms with Crippen LogP contribution in [0.3, 0.4) is 0 Å². The third-order valence-corrected chi connectivity index (χ3v) is 5.53. The minimum atomic E-state index is -0.149. The number of amides is 1. The molecule has 130 valence electrons. The number of thiophene rings is 1. The standard InChI is InChI=1S/C16H16ClN5OS2/c1-10-6-11(2)15(13(17)7-10)18-14(23)9-25-16-19-20-21-22(16)8-12-4-3-5-24-12/h3-7H,8-9H2,1-2H3,(H,18,23). The lowest BCUT2D eigenvalue weighted by molar-refractivity contribution is -0.113. The van der Waals surface area contributed by atoms with E-state index in [1.54, 1.807) is 16.0 Å². The highest BCUT2D eigenvalue weighted by atomic mass is 35.5. The van der Waals surface area contributed by atoms with Gasteiger partial charge in [-0.05, 0) is 52.9 Å². The van der Waals surface area contributed by atoms with Crippen LogP contribution in [0.5, 0.6) is 0 Å². The first-order valence-corrected chi connectivity index (χ1v) is 9.75. The van der Waals surface area contributed by atoms with Crippen LogP contribution in [-0.2, 0) is 11.3 Å². The first-order chi connectivity index (χ1) is 12.0. The molecule has 0 saturated carbocycles. The molecule has 2 aromatic heterocycles. The van der Waals surface area contributed by atoms with Gasteiger partial charge in [-0.1, -0.05) is 35.5 Å². The van der Waals surface area contributed by atoms with E-state index < -0.39 is 0 Å². The van der Waals surface area contributed by atoms with E-state index in [0.717, 1.165) is 16.0 Å². The van der Waals surface area contributed by atoms with Gasteiger partial charge >= 0.3 is 0 Å². The van der Waals surface area contributed by atoms with Crippen LogP contribution in [0.15, 0.2) is 34.8 Å². The van der Waals surface area contributed by atoms with Gasteiger partial charge in [0.1, 0.15) is 0 Å². The molecule has 0 atom stereocenters. The van der Waals surface area contributed by atoms with Crippen molar-refractivity contribution < 1.29 is 4.79 Å². The summed E-state index contributed by atoms with van der Waals surface area (Å²) in [6.45, 7) is 4.48. The van der Waals surface area contributed by atoms with E-state index in [0.29, 0.717) is 22.4 Å². The summed E-state index contributed by atoms with van der Waals surface area (Å²) < 4.78 is 1.69. The molecule has 0 spiro atoms. The maximum atomic E-state index is 12.3. The Hall–Kier alpha value is -1.90. The number of halogens is 1. The molecule has 3 aromatic rings. The molecule has 3 rings (SSSR count). The molecule has 0 aliphatic carbocycles. The Morgan fingerprint density at radius 3 is 2.96 bits per heavy atom. The molecule has 1 aromatic carbocycles. The molecule has 1 amide bonds. The molecule has 2 heterocycles. The second-order valence-electron chi connectivity index (χ2n) is 5.47. The summed E-state index contributed by atoms with van der Waals surface area (Å²) in [5.74, 6) is 0.0543. The highest BCUT2D eigenvalue weighted by Gasteiger charge is 2.13. The molecule has 0 aliphatic rings. The van der Waals surface area contributed by atoms with Crippen molar-refractivity contribution in [1.82, 2.24) is 20.2 Å². The van der Waals surface area contributed by atoms with E-state index in [1.165, 1.54) is 11.8 Å². The summed E-state index contributed by atoms with van der Waals surface area (Å²) in [7, 11) is 0. The minimum absolute atomic E-state index is 0.149. The number of carbonyl (C=O) groups is 1. The van der Waals surface area contributed by atoms with E-state index in [4.69, 9.17) is 11.6 Å². The topological polar surface area (TPSA) is 72.7 Å². The van der Waals surface area contributed by atoms with E-state index in [1.807, 2.05) is 43.5 Å². The number of rotatable bonds is 6. The zero-order chi connectivity index (χ0) is 17.8. The van der Waals surface area contributed by atoms with Gasteiger partial charge < -0.3 is 5.32 Å². The second-order valence-corrected chi connectivity index (χ2v) is 7.86. The number of anilines is 1. The van der Waals surface area contributed by atoms with Crippen molar-refractivity contribution in [3.8, 4) is 0 Å². The van der Waals surface area contributed by atoms with Crippen molar-refractivity contribution in [2.45, 2.75) is 25.5 Å². The third-order valence-electron chi connectivity index (χ3n) is 3.41. The fraction of sp³-hybridized carbons (Fsp3) is 0.250. The molecule has 0 saturated heterocycles. The first kappa shape index (κ1) is 17.9. The van der Waals surface area contributed by atoms with Crippen molar-refractivity contribution in [3.63, 3.8) is 0 Å². The number of hydrogen-bond donors (Lipinski definition) is 1. The van der Waals surface area contributed by atoms with Crippen molar-refractivity contribution >= 4 is 46.3 Å². The van der Waals surface area contributed by atoms with Gasteiger partial charge in [-0.3, -0.25) is 4.79 Å². The van der Waals surface area contributed by atoms with Gasteiger partial charge in [0.15, 0.2) is 0 Å². The summed E-state index contributed by atoms with van der Waals surface area (Å²) in [6, 6.07) is 7.82. The van der Waals surface area contributed by atoms with Crippen LogP contribution in [-0.4, -0.2) is 31.9 Å². The Labute approximate surface area is 158 Å². The van der Waals surface area contributed by atoms with E-state index in [9.17, 15) is 4.79 Å². The predicted octanol–water partition coefficient (Wildman–Crippen LogP) is 3.78. The Morgan fingerprint density at radius 2 is 2.24 bits per heavy atom. The van der Waals surface area contributed by atoms with E-state index in [-0.39, 0.29) is 11.7 Å². The number of nitrogens with zero attached hydrogens (tertiary/aromatic N) is 4. The van der Waals surface area contributed by atoms with Gasteiger partial charge in [0.05, 0.1) is 23.0 Å².